The van der Waals surface area contributed by atoms with Crippen molar-refractivity contribution >= 4 is 40.9 Å². The molecule has 0 radical (unpaired) electrons. The number of rotatable bonds is 9. The van der Waals surface area contributed by atoms with Gasteiger partial charge in [0.05, 0.1) is 33.9 Å². The Bertz CT molecular complexity index is 1480. The highest BCUT2D eigenvalue weighted by atomic mass is 35.5. The van der Waals surface area contributed by atoms with Gasteiger partial charge in [-0.25, -0.2) is 4.79 Å². The standard InChI is InChI=1S/C31H28ClN3O3S/c1-3-22-13-7-10-16-26(22)35-27(36)19-39-30-24(17-33)29(23-14-8-9-15-25(23)32)28(20(2)34-30)31(37)38-18-21-11-5-4-6-12-21/h4-16,29,34H,3,18-19H2,1-2H3,(H,35,36). The quantitative estimate of drug-likeness (QED) is 0.284. The maximum absolute atomic E-state index is 13.4. The van der Waals surface area contributed by atoms with Gasteiger partial charge in [-0.05, 0) is 42.2 Å². The SMILES string of the molecule is CCc1ccccc1NC(=O)CSC1=C(C#N)C(c2ccccc2Cl)C(C(=O)OCc2ccccc2)=C(C)N1. The third-order valence-electron chi connectivity index (χ3n) is 6.32. The maximum Gasteiger partial charge on any atom is 0.337 e. The lowest BCUT2D eigenvalue weighted by Gasteiger charge is -2.29. The molecule has 8 heteroatoms. The second-order valence-electron chi connectivity index (χ2n) is 8.88. The number of ether oxygens (including phenoxy) is 1. The lowest BCUT2D eigenvalue weighted by molar-refractivity contribution is -0.140. The van der Waals surface area contributed by atoms with Crippen LogP contribution in [0.3, 0.4) is 0 Å². The lowest BCUT2D eigenvalue weighted by Crippen LogP contribution is -2.29. The van der Waals surface area contributed by atoms with E-state index in [0.29, 0.717) is 32.5 Å². The number of carbonyl (C=O) groups is 2. The summed E-state index contributed by atoms with van der Waals surface area (Å²) >= 11 is 7.77. The number of aryl methyl sites for hydroxylation is 1. The van der Waals surface area contributed by atoms with Gasteiger partial charge in [-0.1, -0.05) is 97.0 Å². The Morgan fingerprint density at radius 3 is 2.46 bits per heavy atom. The predicted molar refractivity (Wildman–Crippen MR) is 156 cm³/mol. The number of hydrogen-bond acceptors (Lipinski definition) is 6. The number of nitrogens with one attached hydrogen (secondary N) is 2. The molecule has 0 spiro atoms. The zero-order valence-corrected chi connectivity index (χ0v) is 23.2. The molecule has 3 aromatic rings. The second-order valence-corrected chi connectivity index (χ2v) is 10.3. The van der Waals surface area contributed by atoms with E-state index in [2.05, 4.69) is 16.7 Å². The topological polar surface area (TPSA) is 91.2 Å². The first-order chi connectivity index (χ1) is 18.9. The fourth-order valence-corrected chi connectivity index (χ4v) is 5.53. The number of dihydropyridines is 1. The van der Waals surface area contributed by atoms with Crippen molar-refractivity contribution in [3.05, 3.63) is 122 Å². The van der Waals surface area contributed by atoms with Gasteiger partial charge in [0.1, 0.15) is 6.61 Å². The van der Waals surface area contributed by atoms with Crippen molar-refractivity contribution in [1.29, 1.82) is 5.26 Å². The van der Waals surface area contributed by atoms with Gasteiger partial charge in [0, 0.05) is 16.4 Å². The van der Waals surface area contributed by atoms with Crippen LogP contribution in [0.5, 0.6) is 0 Å². The van der Waals surface area contributed by atoms with E-state index in [1.54, 1.807) is 25.1 Å². The molecule has 0 aliphatic carbocycles. The van der Waals surface area contributed by atoms with E-state index in [4.69, 9.17) is 16.3 Å². The van der Waals surface area contributed by atoms with Crippen molar-refractivity contribution in [2.24, 2.45) is 0 Å². The van der Waals surface area contributed by atoms with Crippen molar-refractivity contribution in [3.8, 4) is 6.07 Å². The number of benzene rings is 3. The second kappa shape index (κ2) is 13.2. The Balaban J connectivity index is 1.60. The maximum atomic E-state index is 13.4. The molecule has 0 saturated carbocycles. The fraction of sp³-hybridized carbons (Fsp3) is 0.194. The van der Waals surface area contributed by atoms with Gasteiger partial charge in [-0.15, -0.1) is 0 Å². The molecule has 2 N–H and O–H groups in total. The highest BCUT2D eigenvalue weighted by molar-refractivity contribution is 8.03. The van der Waals surface area contributed by atoms with E-state index in [9.17, 15) is 14.9 Å². The molecule has 1 heterocycles. The molecular weight excluding hydrogens is 530 g/mol. The number of nitrogens with zero attached hydrogens (tertiary/aromatic N) is 1. The van der Waals surface area contributed by atoms with Crippen molar-refractivity contribution in [2.75, 3.05) is 11.1 Å². The molecule has 198 valence electrons. The normalized spacial score (nSPS) is 14.9. The lowest BCUT2D eigenvalue weighted by atomic mass is 9.82. The first-order valence-corrected chi connectivity index (χ1v) is 13.9. The van der Waals surface area contributed by atoms with Crippen LogP contribution in [0.15, 0.2) is 101 Å². The fourth-order valence-electron chi connectivity index (χ4n) is 4.39. The van der Waals surface area contributed by atoms with Crippen LogP contribution in [0.25, 0.3) is 0 Å². The summed E-state index contributed by atoms with van der Waals surface area (Å²) in [4.78, 5) is 26.2. The Labute approximate surface area is 237 Å². The minimum absolute atomic E-state index is 0.0713. The Morgan fingerprint density at radius 2 is 1.74 bits per heavy atom. The summed E-state index contributed by atoms with van der Waals surface area (Å²) in [6, 6.07) is 26.4. The minimum Gasteiger partial charge on any atom is -0.457 e. The number of para-hydroxylation sites is 1. The predicted octanol–water partition coefficient (Wildman–Crippen LogP) is 6.71. The van der Waals surface area contributed by atoms with Crippen LogP contribution < -0.4 is 10.6 Å². The van der Waals surface area contributed by atoms with E-state index < -0.39 is 11.9 Å². The third kappa shape index (κ3) is 6.72. The molecule has 1 amide bonds. The molecule has 0 aromatic heterocycles. The highest BCUT2D eigenvalue weighted by Gasteiger charge is 2.36. The average molecular weight is 558 g/mol. The van der Waals surface area contributed by atoms with E-state index in [-0.39, 0.29) is 18.3 Å². The van der Waals surface area contributed by atoms with E-state index >= 15 is 0 Å². The van der Waals surface area contributed by atoms with E-state index in [1.807, 2.05) is 67.6 Å². The minimum atomic E-state index is -0.750. The number of esters is 1. The number of allylic oxidation sites excluding steroid dienone is 2. The van der Waals surface area contributed by atoms with Crippen LogP contribution in [0, 0.1) is 11.3 Å². The molecule has 4 rings (SSSR count). The van der Waals surface area contributed by atoms with Gasteiger partial charge in [0.15, 0.2) is 0 Å². The first kappa shape index (κ1) is 28.0. The molecule has 0 bridgehead atoms. The van der Waals surface area contributed by atoms with Crippen molar-refractivity contribution < 1.29 is 14.3 Å². The number of halogens is 1. The smallest absolute Gasteiger partial charge is 0.337 e. The number of anilines is 1. The summed E-state index contributed by atoms with van der Waals surface area (Å²) in [5, 5.41) is 17.3. The average Bonchev–Trinajstić information content (AvgIpc) is 2.95. The number of nitriles is 1. The zero-order valence-electron chi connectivity index (χ0n) is 21.7. The summed E-state index contributed by atoms with van der Waals surface area (Å²) in [6.07, 6.45) is 0.793. The molecule has 6 nitrogen and oxygen atoms in total. The number of amides is 1. The number of thioether (sulfide) groups is 1. The van der Waals surface area contributed by atoms with Gasteiger partial charge in [0.25, 0.3) is 0 Å². The number of hydrogen-bond donors (Lipinski definition) is 2. The molecule has 1 atom stereocenters. The van der Waals surface area contributed by atoms with Crippen molar-refractivity contribution in [1.82, 2.24) is 5.32 Å². The van der Waals surface area contributed by atoms with Gasteiger partial charge in [-0.3, -0.25) is 4.79 Å². The van der Waals surface area contributed by atoms with Crippen LogP contribution in [-0.4, -0.2) is 17.6 Å². The van der Waals surface area contributed by atoms with Crippen LogP contribution >= 0.6 is 23.4 Å². The molecule has 1 aliphatic rings. The molecule has 1 unspecified atom stereocenters. The van der Waals surface area contributed by atoms with Crippen LogP contribution in [0.1, 0.15) is 36.5 Å². The molecule has 1 aliphatic heterocycles. The first-order valence-electron chi connectivity index (χ1n) is 12.5. The van der Waals surface area contributed by atoms with Gasteiger partial charge < -0.3 is 15.4 Å². The summed E-state index contributed by atoms with van der Waals surface area (Å²) < 4.78 is 5.66. The Morgan fingerprint density at radius 1 is 1.05 bits per heavy atom. The summed E-state index contributed by atoms with van der Waals surface area (Å²) in [5.74, 6) is -1.42. The molecule has 0 fully saturated rings. The van der Waals surface area contributed by atoms with E-state index in [1.165, 1.54) is 11.8 Å². The zero-order chi connectivity index (χ0) is 27.8. The Hall–Kier alpha value is -3.99. The van der Waals surface area contributed by atoms with Gasteiger partial charge in [-0.2, -0.15) is 5.26 Å². The highest BCUT2D eigenvalue weighted by Crippen LogP contribution is 2.43. The third-order valence-corrected chi connectivity index (χ3v) is 7.68. The van der Waals surface area contributed by atoms with Gasteiger partial charge >= 0.3 is 5.97 Å². The van der Waals surface area contributed by atoms with E-state index in [0.717, 1.165) is 23.2 Å². The molecule has 39 heavy (non-hydrogen) atoms. The molecular formula is C31H28ClN3O3S. The monoisotopic (exact) mass is 557 g/mol. The van der Waals surface area contributed by atoms with Crippen LogP contribution in [0.2, 0.25) is 5.02 Å². The largest absolute Gasteiger partial charge is 0.457 e. The number of carbonyl (C=O) groups excluding carboxylic acids is 2. The molecule has 0 saturated heterocycles. The van der Waals surface area contributed by atoms with Gasteiger partial charge in [0.2, 0.25) is 5.91 Å². The van der Waals surface area contributed by atoms with Crippen LogP contribution in [-0.2, 0) is 27.4 Å². The Kier molecular flexibility index (Phi) is 9.48. The molecule has 3 aromatic carbocycles. The van der Waals surface area contributed by atoms with Crippen molar-refractivity contribution in [2.45, 2.75) is 32.8 Å². The summed E-state index contributed by atoms with van der Waals surface area (Å²) in [7, 11) is 0. The summed E-state index contributed by atoms with van der Waals surface area (Å²) in [6.45, 7) is 3.88. The van der Waals surface area contributed by atoms with Crippen LogP contribution in [0.4, 0.5) is 5.69 Å². The van der Waals surface area contributed by atoms with Crippen molar-refractivity contribution in [3.63, 3.8) is 0 Å². The summed E-state index contributed by atoms with van der Waals surface area (Å²) in [5.41, 5.74) is 4.42.